The average Bonchev–Trinajstić information content (AvgIpc) is 2.72. The zero-order valence-corrected chi connectivity index (χ0v) is 18.0. The Labute approximate surface area is 186 Å². The van der Waals surface area contributed by atoms with E-state index in [1.165, 1.54) is 31.0 Å². The summed E-state index contributed by atoms with van der Waals surface area (Å²) in [7, 11) is 1.25. The van der Waals surface area contributed by atoms with Crippen molar-refractivity contribution in [1.82, 2.24) is 5.32 Å². The van der Waals surface area contributed by atoms with E-state index in [1.54, 1.807) is 12.1 Å². The molecule has 0 heterocycles. The number of ether oxygens (including phenoxy) is 1. The number of hydrogen-bond acceptors (Lipinski definition) is 5. The van der Waals surface area contributed by atoms with E-state index in [1.807, 2.05) is 0 Å². The van der Waals surface area contributed by atoms with Gasteiger partial charge >= 0.3 is 5.97 Å². The van der Waals surface area contributed by atoms with Crippen LogP contribution in [-0.4, -0.2) is 36.7 Å². The van der Waals surface area contributed by atoms with E-state index < -0.39 is 23.5 Å². The lowest BCUT2D eigenvalue weighted by Crippen LogP contribution is -2.42. The maximum Gasteiger partial charge on any atom is 0.325 e. The van der Waals surface area contributed by atoms with Crippen LogP contribution >= 0.6 is 23.4 Å². The molecule has 1 fully saturated rings. The van der Waals surface area contributed by atoms with Gasteiger partial charge in [0, 0.05) is 33.4 Å². The van der Waals surface area contributed by atoms with Gasteiger partial charge in [0.1, 0.15) is 6.54 Å². The molecular formula is C21H19ClF2N2O4S. The molecular weight excluding hydrogens is 450 g/mol. The highest BCUT2D eigenvalue weighted by atomic mass is 35.5. The zero-order chi connectivity index (χ0) is 22.5. The van der Waals surface area contributed by atoms with Gasteiger partial charge in [0.05, 0.1) is 12.1 Å². The number of anilines is 1. The van der Waals surface area contributed by atoms with Crippen molar-refractivity contribution in [2.24, 2.45) is 5.92 Å². The van der Waals surface area contributed by atoms with Crippen molar-refractivity contribution in [1.29, 1.82) is 0 Å². The van der Waals surface area contributed by atoms with E-state index in [4.69, 9.17) is 11.6 Å². The van der Waals surface area contributed by atoms with Crippen molar-refractivity contribution in [3.8, 4) is 0 Å². The summed E-state index contributed by atoms with van der Waals surface area (Å²) in [6.07, 6.45) is 1.22. The van der Waals surface area contributed by atoms with E-state index in [9.17, 15) is 23.2 Å². The van der Waals surface area contributed by atoms with Crippen LogP contribution in [0.1, 0.15) is 23.2 Å². The molecule has 1 saturated carbocycles. The Morgan fingerprint density at radius 3 is 2.55 bits per heavy atom. The number of hydrogen-bond donors (Lipinski definition) is 2. The first-order valence-corrected chi connectivity index (χ1v) is 10.6. The van der Waals surface area contributed by atoms with Gasteiger partial charge in [0.15, 0.2) is 11.6 Å². The molecule has 2 aromatic rings. The lowest BCUT2D eigenvalue weighted by atomic mass is 9.84. The molecule has 6 nitrogen and oxygen atoms in total. The fraction of sp³-hybridized carbons (Fsp3) is 0.286. The zero-order valence-electron chi connectivity index (χ0n) is 16.4. The Balaban J connectivity index is 1.56. The normalized spacial score (nSPS) is 17.4. The molecule has 0 aliphatic heterocycles. The van der Waals surface area contributed by atoms with Crippen LogP contribution in [0.4, 0.5) is 14.5 Å². The van der Waals surface area contributed by atoms with Crippen LogP contribution in [0.5, 0.6) is 0 Å². The molecule has 10 heteroatoms. The minimum atomic E-state index is -1.06. The third-order valence-electron chi connectivity index (χ3n) is 4.76. The van der Waals surface area contributed by atoms with E-state index >= 15 is 0 Å². The van der Waals surface area contributed by atoms with Crippen molar-refractivity contribution < 1.29 is 27.9 Å². The number of amides is 2. The summed E-state index contributed by atoms with van der Waals surface area (Å²) < 4.78 is 30.9. The van der Waals surface area contributed by atoms with Gasteiger partial charge in [0.25, 0.3) is 5.91 Å². The standard InChI is InChI=1S/C21H19ClF2N2O4S/c1-30-19(27)10-25-20(28)12-6-14(7-12)31-18-8-11(2-4-15(18)22)21(29)26-13-3-5-16(23)17(24)9-13/h2-5,8-9,12,14H,6-7,10H2,1H3,(H,25,28)(H,26,29). The molecule has 2 aromatic carbocycles. The number of rotatable bonds is 7. The van der Waals surface area contributed by atoms with E-state index in [0.717, 1.165) is 12.1 Å². The third kappa shape index (κ3) is 5.95. The number of carbonyl (C=O) groups excluding carboxylic acids is 3. The van der Waals surface area contributed by atoms with E-state index in [0.29, 0.717) is 28.3 Å². The van der Waals surface area contributed by atoms with Gasteiger partial charge in [0.2, 0.25) is 5.91 Å². The second-order valence-corrected chi connectivity index (χ2v) is 8.68. The summed E-state index contributed by atoms with van der Waals surface area (Å²) in [4.78, 5) is 36.3. The van der Waals surface area contributed by atoms with Crippen molar-refractivity contribution in [2.75, 3.05) is 19.0 Å². The maximum absolute atomic E-state index is 13.3. The summed E-state index contributed by atoms with van der Waals surface area (Å²) >= 11 is 7.71. The predicted molar refractivity (Wildman–Crippen MR) is 113 cm³/mol. The number of carbonyl (C=O) groups is 3. The molecule has 0 saturated heterocycles. The van der Waals surface area contributed by atoms with Gasteiger partial charge in [-0.2, -0.15) is 0 Å². The molecule has 2 N–H and O–H groups in total. The minimum absolute atomic E-state index is 0.132. The molecule has 0 aromatic heterocycles. The Bertz CT molecular complexity index is 1010. The molecule has 0 atom stereocenters. The average molecular weight is 469 g/mol. The number of benzene rings is 2. The first-order valence-electron chi connectivity index (χ1n) is 9.34. The lowest BCUT2D eigenvalue weighted by Gasteiger charge is -2.33. The van der Waals surface area contributed by atoms with Crippen LogP contribution in [0.3, 0.4) is 0 Å². The second-order valence-electron chi connectivity index (χ2n) is 6.93. The molecule has 3 rings (SSSR count). The third-order valence-corrected chi connectivity index (χ3v) is 6.52. The fourth-order valence-electron chi connectivity index (χ4n) is 2.94. The van der Waals surface area contributed by atoms with Crippen molar-refractivity contribution in [3.63, 3.8) is 0 Å². The van der Waals surface area contributed by atoms with Crippen LogP contribution in [0, 0.1) is 17.6 Å². The smallest absolute Gasteiger partial charge is 0.325 e. The van der Waals surface area contributed by atoms with Gasteiger partial charge in [-0.15, -0.1) is 11.8 Å². The lowest BCUT2D eigenvalue weighted by molar-refractivity contribution is -0.142. The summed E-state index contributed by atoms with van der Waals surface area (Å²) in [5, 5.41) is 5.65. The highest BCUT2D eigenvalue weighted by Gasteiger charge is 2.35. The first-order chi connectivity index (χ1) is 14.8. The highest BCUT2D eigenvalue weighted by Crippen LogP contribution is 2.43. The number of methoxy groups -OCH3 is 1. The van der Waals surface area contributed by atoms with Crippen LogP contribution in [-0.2, 0) is 14.3 Å². The molecule has 0 unspecified atom stereocenters. The number of halogens is 3. The molecule has 0 spiro atoms. The van der Waals surface area contributed by atoms with Crippen LogP contribution < -0.4 is 10.6 Å². The van der Waals surface area contributed by atoms with E-state index in [-0.39, 0.29) is 29.3 Å². The Morgan fingerprint density at radius 2 is 1.87 bits per heavy atom. The SMILES string of the molecule is COC(=O)CNC(=O)C1CC(Sc2cc(C(=O)Nc3ccc(F)c(F)c3)ccc2Cl)C1. The quantitative estimate of drug-likeness (QED) is 0.599. The fourth-order valence-corrected chi connectivity index (χ4v) is 4.59. The molecule has 1 aliphatic carbocycles. The molecule has 2 amide bonds. The van der Waals surface area contributed by atoms with Crippen LogP contribution in [0.25, 0.3) is 0 Å². The highest BCUT2D eigenvalue weighted by molar-refractivity contribution is 8.00. The van der Waals surface area contributed by atoms with Gasteiger partial charge in [-0.3, -0.25) is 14.4 Å². The van der Waals surface area contributed by atoms with Gasteiger partial charge in [-0.25, -0.2) is 8.78 Å². The van der Waals surface area contributed by atoms with Gasteiger partial charge < -0.3 is 15.4 Å². The van der Waals surface area contributed by atoms with Crippen LogP contribution in [0.2, 0.25) is 5.02 Å². The summed E-state index contributed by atoms with van der Waals surface area (Å²) in [6.45, 7) is -0.162. The first kappa shape index (κ1) is 23.0. The molecule has 1 aliphatic rings. The minimum Gasteiger partial charge on any atom is -0.468 e. The summed E-state index contributed by atoms with van der Waals surface area (Å²) in [5.41, 5.74) is 0.441. The molecule has 0 bridgehead atoms. The Morgan fingerprint density at radius 1 is 1.13 bits per heavy atom. The summed E-state index contributed by atoms with van der Waals surface area (Å²) in [6, 6.07) is 7.84. The predicted octanol–water partition coefficient (Wildman–Crippen LogP) is 4.03. The van der Waals surface area contributed by atoms with Crippen molar-refractivity contribution in [2.45, 2.75) is 23.0 Å². The number of nitrogens with one attached hydrogen (secondary N) is 2. The molecule has 164 valence electrons. The Kier molecular flexibility index (Phi) is 7.50. The monoisotopic (exact) mass is 468 g/mol. The summed E-state index contributed by atoms with van der Waals surface area (Å²) in [5.74, 6) is -3.45. The van der Waals surface area contributed by atoms with Gasteiger partial charge in [-0.05, 0) is 43.2 Å². The molecule has 31 heavy (non-hydrogen) atoms. The van der Waals surface area contributed by atoms with Crippen LogP contribution in [0.15, 0.2) is 41.3 Å². The van der Waals surface area contributed by atoms with Gasteiger partial charge in [-0.1, -0.05) is 11.6 Å². The largest absolute Gasteiger partial charge is 0.468 e. The second kappa shape index (κ2) is 10.1. The number of thioether (sulfide) groups is 1. The topological polar surface area (TPSA) is 84.5 Å². The maximum atomic E-state index is 13.3. The van der Waals surface area contributed by atoms with Crippen molar-refractivity contribution in [3.05, 3.63) is 58.6 Å². The molecule has 0 radical (unpaired) electrons. The number of esters is 1. The van der Waals surface area contributed by atoms with E-state index in [2.05, 4.69) is 15.4 Å². The Hall–Kier alpha value is -2.65. The van der Waals surface area contributed by atoms with Crippen molar-refractivity contribution >= 4 is 46.8 Å².